The second kappa shape index (κ2) is 7.04. The van der Waals surface area contributed by atoms with Crippen molar-refractivity contribution in [1.29, 1.82) is 5.26 Å². The molecule has 1 aromatic carbocycles. The van der Waals surface area contributed by atoms with E-state index in [2.05, 4.69) is 9.71 Å². The van der Waals surface area contributed by atoms with Crippen LogP contribution in [0.4, 0.5) is 5.13 Å². The first-order valence-electron chi connectivity index (χ1n) is 6.28. The van der Waals surface area contributed by atoms with Gasteiger partial charge < -0.3 is 8.92 Å². The fourth-order valence-corrected chi connectivity index (χ4v) is 3.65. The Labute approximate surface area is 146 Å². The minimum atomic E-state index is -4.32. The second-order valence-electron chi connectivity index (χ2n) is 4.35. The first-order valence-corrected chi connectivity index (χ1v) is 8.89. The number of anilines is 1. The molecule has 0 atom stereocenters. The average Bonchev–Trinajstić information content (AvgIpc) is 2.76. The summed E-state index contributed by atoms with van der Waals surface area (Å²) in [5.74, 6) is -0.768. The van der Waals surface area contributed by atoms with Gasteiger partial charge in [0.1, 0.15) is 11.6 Å². The zero-order chi connectivity index (χ0) is 17.9. The first kappa shape index (κ1) is 18.0. The smallest absolute Gasteiger partial charge is 0.409 e. The van der Waals surface area contributed by atoms with E-state index in [1.54, 1.807) is 13.0 Å². The zero-order valence-corrected chi connectivity index (χ0v) is 14.8. The number of nitrogens with one attached hydrogen (secondary N) is 1. The maximum atomic E-state index is 12.1. The Kier molecular flexibility index (Phi) is 5.28. The predicted molar refractivity (Wildman–Crippen MR) is 87.5 cm³/mol. The van der Waals surface area contributed by atoms with Crippen LogP contribution in [0.15, 0.2) is 18.2 Å². The molecule has 11 heteroatoms. The molecule has 0 amide bonds. The van der Waals surface area contributed by atoms with Gasteiger partial charge in [0.25, 0.3) is 0 Å². The van der Waals surface area contributed by atoms with Crippen molar-refractivity contribution in [2.24, 2.45) is 0 Å². The van der Waals surface area contributed by atoms with Gasteiger partial charge in [-0.3, -0.25) is 4.79 Å². The molecule has 8 nitrogen and oxygen atoms in total. The largest absolute Gasteiger partial charge is 0.413 e. The standard InChI is InChI=1S/C13H10ClN3O5S2/c1-7-12(21-8(2)18)23-13(16-7)17-24(19,20)22-11-5-3-4-10(14)9(11)6-15/h3-5H,1-2H3,(H,16,17). The summed E-state index contributed by atoms with van der Waals surface area (Å²) in [5, 5.41) is 9.20. The molecule has 0 saturated carbocycles. The highest BCUT2D eigenvalue weighted by molar-refractivity contribution is 7.88. The van der Waals surface area contributed by atoms with E-state index in [1.807, 2.05) is 0 Å². The fraction of sp³-hybridized carbons (Fsp3) is 0.154. The summed E-state index contributed by atoms with van der Waals surface area (Å²) < 4.78 is 36.0. The van der Waals surface area contributed by atoms with Crippen molar-refractivity contribution >= 4 is 44.3 Å². The van der Waals surface area contributed by atoms with Gasteiger partial charge in [-0.25, -0.2) is 9.71 Å². The lowest BCUT2D eigenvalue weighted by atomic mass is 10.2. The molecule has 0 spiro atoms. The van der Waals surface area contributed by atoms with Crippen LogP contribution in [0.5, 0.6) is 10.8 Å². The molecular weight excluding hydrogens is 378 g/mol. The van der Waals surface area contributed by atoms with Gasteiger partial charge in [0.05, 0.1) is 10.7 Å². The van der Waals surface area contributed by atoms with E-state index in [4.69, 9.17) is 25.8 Å². The van der Waals surface area contributed by atoms with Crippen LogP contribution < -0.4 is 13.6 Å². The van der Waals surface area contributed by atoms with Crippen molar-refractivity contribution in [3.05, 3.63) is 34.5 Å². The van der Waals surface area contributed by atoms with Gasteiger partial charge in [0, 0.05) is 6.92 Å². The summed E-state index contributed by atoms with van der Waals surface area (Å²) in [6.45, 7) is 2.77. The van der Waals surface area contributed by atoms with E-state index in [9.17, 15) is 13.2 Å². The van der Waals surface area contributed by atoms with Crippen molar-refractivity contribution in [3.8, 4) is 16.9 Å². The predicted octanol–water partition coefficient (Wildman–Crippen LogP) is 2.64. The molecule has 24 heavy (non-hydrogen) atoms. The lowest BCUT2D eigenvalue weighted by Crippen LogP contribution is -2.19. The number of hydrogen-bond acceptors (Lipinski definition) is 8. The van der Waals surface area contributed by atoms with Gasteiger partial charge in [-0.1, -0.05) is 29.0 Å². The quantitative estimate of drug-likeness (QED) is 0.783. The summed E-state index contributed by atoms with van der Waals surface area (Å²) >= 11 is 6.64. The van der Waals surface area contributed by atoms with Crippen LogP contribution in [0.1, 0.15) is 18.2 Å². The van der Waals surface area contributed by atoms with Gasteiger partial charge in [-0.2, -0.15) is 13.7 Å². The Morgan fingerprint density at radius 3 is 2.79 bits per heavy atom. The molecule has 2 aromatic rings. The number of benzene rings is 1. The van der Waals surface area contributed by atoms with Crippen molar-refractivity contribution in [2.75, 3.05) is 4.72 Å². The highest BCUT2D eigenvalue weighted by Crippen LogP contribution is 2.32. The van der Waals surface area contributed by atoms with Crippen LogP contribution in [-0.4, -0.2) is 19.4 Å². The molecule has 1 N–H and O–H groups in total. The molecule has 126 valence electrons. The third-order valence-corrected chi connectivity index (χ3v) is 4.73. The molecule has 0 unspecified atom stereocenters. The van der Waals surface area contributed by atoms with Gasteiger partial charge >= 0.3 is 16.3 Å². The normalized spacial score (nSPS) is 10.8. The number of thiazole rings is 1. The second-order valence-corrected chi connectivity index (χ2v) is 7.00. The van der Waals surface area contributed by atoms with Gasteiger partial charge in [0.15, 0.2) is 5.75 Å². The number of carbonyl (C=O) groups is 1. The number of rotatable bonds is 5. The van der Waals surface area contributed by atoms with Crippen LogP contribution in [0.25, 0.3) is 0 Å². The van der Waals surface area contributed by atoms with Crippen molar-refractivity contribution in [1.82, 2.24) is 4.98 Å². The Balaban J connectivity index is 2.23. The first-order chi connectivity index (χ1) is 11.2. The molecule has 0 bridgehead atoms. The Morgan fingerprint density at radius 1 is 1.46 bits per heavy atom. The van der Waals surface area contributed by atoms with E-state index >= 15 is 0 Å². The van der Waals surface area contributed by atoms with E-state index in [0.717, 1.165) is 11.3 Å². The number of esters is 1. The van der Waals surface area contributed by atoms with Crippen LogP contribution in [0.3, 0.4) is 0 Å². The SMILES string of the molecule is CC(=O)Oc1sc(NS(=O)(=O)Oc2cccc(Cl)c2C#N)nc1C. The van der Waals surface area contributed by atoms with Crippen LogP contribution in [0.2, 0.25) is 5.02 Å². The average molecular weight is 388 g/mol. The summed E-state index contributed by atoms with van der Waals surface area (Å²) in [4.78, 5) is 14.9. The zero-order valence-electron chi connectivity index (χ0n) is 12.4. The van der Waals surface area contributed by atoms with Crippen LogP contribution in [0, 0.1) is 18.3 Å². The van der Waals surface area contributed by atoms with E-state index in [0.29, 0.717) is 5.69 Å². The van der Waals surface area contributed by atoms with Crippen molar-refractivity contribution in [2.45, 2.75) is 13.8 Å². The number of ether oxygens (including phenoxy) is 1. The van der Waals surface area contributed by atoms with E-state index in [-0.39, 0.29) is 26.5 Å². The van der Waals surface area contributed by atoms with E-state index < -0.39 is 16.3 Å². The molecule has 1 heterocycles. The van der Waals surface area contributed by atoms with E-state index in [1.165, 1.54) is 25.1 Å². The summed E-state index contributed by atoms with van der Waals surface area (Å²) in [5.41, 5.74) is 0.230. The molecule has 0 fully saturated rings. The van der Waals surface area contributed by atoms with Gasteiger partial charge in [-0.15, -0.1) is 0 Å². The third-order valence-electron chi connectivity index (χ3n) is 2.49. The minimum Gasteiger partial charge on any atom is -0.413 e. The number of nitrogens with zero attached hydrogens (tertiary/aromatic N) is 2. The molecule has 0 aliphatic heterocycles. The van der Waals surface area contributed by atoms with Crippen molar-refractivity contribution < 1.29 is 22.1 Å². The summed E-state index contributed by atoms with van der Waals surface area (Å²) in [7, 11) is -4.32. The molecule has 0 aliphatic carbocycles. The molecule has 0 aliphatic rings. The summed E-state index contributed by atoms with van der Waals surface area (Å²) in [6, 6.07) is 5.94. The highest BCUT2D eigenvalue weighted by atomic mass is 35.5. The maximum absolute atomic E-state index is 12.1. The summed E-state index contributed by atoms with van der Waals surface area (Å²) in [6.07, 6.45) is 0. The third kappa shape index (κ3) is 4.35. The number of halogens is 1. The Hall–Kier alpha value is -2.35. The lowest BCUT2D eigenvalue weighted by Gasteiger charge is -2.08. The number of hydrogen-bond donors (Lipinski definition) is 1. The topological polar surface area (TPSA) is 118 Å². The Bertz CT molecular complexity index is 934. The number of nitriles is 1. The molecular formula is C13H10ClN3O5S2. The van der Waals surface area contributed by atoms with Crippen LogP contribution in [-0.2, 0) is 15.1 Å². The van der Waals surface area contributed by atoms with Crippen LogP contribution >= 0.6 is 22.9 Å². The van der Waals surface area contributed by atoms with Gasteiger partial charge in [0.2, 0.25) is 10.2 Å². The Morgan fingerprint density at radius 2 is 2.17 bits per heavy atom. The van der Waals surface area contributed by atoms with Gasteiger partial charge in [-0.05, 0) is 19.1 Å². The highest BCUT2D eigenvalue weighted by Gasteiger charge is 2.20. The molecule has 0 saturated heterocycles. The number of aryl methyl sites for hydroxylation is 1. The molecule has 0 radical (unpaired) electrons. The molecule has 1 aromatic heterocycles. The number of carbonyl (C=O) groups excluding carboxylic acids is 1. The minimum absolute atomic E-state index is 0.0516. The molecule has 2 rings (SSSR count). The van der Waals surface area contributed by atoms with Crippen molar-refractivity contribution in [3.63, 3.8) is 0 Å². The lowest BCUT2D eigenvalue weighted by molar-refractivity contribution is -0.131. The maximum Gasteiger partial charge on any atom is 0.409 e. The monoisotopic (exact) mass is 387 g/mol. The number of aromatic nitrogens is 1. The fourth-order valence-electron chi connectivity index (χ4n) is 1.58.